The lowest BCUT2D eigenvalue weighted by molar-refractivity contribution is 0.175. The summed E-state index contributed by atoms with van der Waals surface area (Å²) in [6, 6.07) is 21.7. The van der Waals surface area contributed by atoms with E-state index in [0.717, 1.165) is 16.7 Å². The number of rotatable bonds is 6. The third kappa shape index (κ3) is 4.30. The molecule has 0 bridgehead atoms. The van der Waals surface area contributed by atoms with E-state index >= 15 is 0 Å². The molecule has 2 aromatic carbocycles. The number of furan rings is 1. The number of aliphatic hydroxyl groups is 1. The van der Waals surface area contributed by atoms with Gasteiger partial charge in [0.15, 0.2) is 8.32 Å². The molecule has 3 nitrogen and oxygen atoms in total. The summed E-state index contributed by atoms with van der Waals surface area (Å²) in [4.78, 5) is 0. The van der Waals surface area contributed by atoms with E-state index in [1.807, 2.05) is 54.6 Å². The van der Waals surface area contributed by atoms with Gasteiger partial charge in [-0.25, -0.2) is 0 Å². The van der Waals surface area contributed by atoms with Crippen molar-refractivity contribution < 1.29 is 13.9 Å². The number of hydrogen-bond acceptors (Lipinski definition) is 3. The van der Waals surface area contributed by atoms with E-state index in [0.29, 0.717) is 5.76 Å². The summed E-state index contributed by atoms with van der Waals surface area (Å²) in [5.41, 5.74) is 2.75. The Labute approximate surface area is 169 Å². The first kappa shape index (κ1) is 20.6. The van der Waals surface area contributed by atoms with Gasteiger partial charge < -0.3 is 13.9 Å². The number of benzene rings is 2. The lowest BCUT2D eigenvalue weighted by atomic mass is 9.97. The molecule has 1 aromatic heterocycles. The molecule has 0 aliphatic rings. The Bertz CT molecular complexity index is 879. The highest BCUT2D eigenvalue weighted by molar-refractivity contribution is 6.74. The lowest BCUT2D eigenvalue weighted by Crippen LogP contribution is -2.42. The van der Waals surface area contributed by atoms with Gasteiger partial charge in [-0.05, 0) is 35.3 Å². The van der Waals surface area contributed by atoms with E-state index in [1.165, 1.54) is 0 Å². The highest BCUT2D eigenvalue weighted by atomic mass is 28.4. The Hall–Kier alpha value is -2.14. The van der Waals surface area contributed by atoms with Gasteiger partial charge in [-0.3, -0.25) is 0 Å². The highest BCUT2D eigenvalue weighted by Gasteiger charge is 2.41. The fraction of sp³-hybridized carbons (Fsp3) is 0.333. The van der Waals surface area contributed by atoms with E-state index in [2.05, 4.69) is 46.0 Å². The zero-order valence-electron chi connectivity index (χ0n) is 17.3. The predicted molar refractivity (Wildman–Crippen MR) is 116 cm³/mol. The van der Waals surface area contributed by atoms with Crippen molar-refractivity contribution in [2.75, 3.05) is 0 Å². The van der Waals surface area contributed by atoms with Crippen molar-refractivity contribution in [2.45, 2.75) is 51.1 Å². The molecule has 0 saturated heterocycles. The van der Waals surface area contributed by atoms with Gasteiger partial charge in [0.25, 0.3) is 0 Å². The molecule has 0 aliphatic carbocycles. The Morgan fingerprint density at radius 1 is 0.857 bits per heavy atom. The molecule has 0 spiro atoms. The largest absolute Gasteiger partial charge is 0.466 e. The van der Waals surface area contributed by atoms with Crippen LogP contribution in [-0.2, 0) is 4.43 Å². The quantitative estimate of drug-likeness (QED) is 0.487. The van der Waals surface area contributed by atoms with Crippen molar-refractivity contribution in [3.8, 4) is 0 Å². The van der Waals surface area contributed by atoms with Gasteiger partial charge in [-0.15, -0.1) is 0 Å². The van der Waals surface area contributed by atoms with Crippen molar-refractivity contribution in [1.82, 2.24) is 0 Å². The molecule has 0 saturated carbocycles. The molecule has 1 heterocycles. The maximum absolute atomic E-state index is 11.0. The van der Waals surface area contributed by atoms with Crippen molar-refractivity contribution in [2.24, 2.45) is 0 Å². The van der Waals surface area contributed by atoms with Gasteiger partial charge in [-0.2, -0.15) is 0 Å². The summed E-state index contributed by atoms with van der Waals surface area (Å²) in [6.07, 6.45) is 0.525. The summed E-state index contributed by atoms with van der Waals surface area (Å²) < 4.78 is 12.6. The first-order valence-corrected chi connectivity index (χ1v) is 12.6. The van der Waals surface area contributed by atoms with Crippen molar-refractivity contribution >= 4 is 8.32 Å². The number of hydrogen-bond donors (Lipinski definition) is 1. The summed E-state index contributed by atoms with van der Waals surface area (Å²) in [5, 5.41) is 11.0. The van der Waals surface area contributed by atoms with Crippen LogP contribution in [0.15, 0.2) is 77.4 Å². The van der Waals surface area contributed by atoms with Crippen LogP contribution in [0.3, 0.4) is 0 Å². The van der Waals surface area contributed by atoms with Gasteiger partial charge in [0.2, 0.25) is 0 Å². The summed E-state index contributed by atoms with van der Waals surface area (Å²) in [7, 11) is -2.07. The van der Waals surface area contributed by atoms with Crippen molar-refractivity contribution in [3.05, 3.63) is 95.4 Å². The predicted octanol–water partition coefficient (Wildman–Crippen LogP) is 6.47. The summed E-state index contributed by atoms with van der Waals surface area (Å²) >= 11 is 0. The minimum absolute atomic E-state index is 0.0714. The molecule has 0 aliphatic heterocycles. The summed E-state index contributed by atoms with van der Waals surface area (Å²) in [5.74, 6) is 0.541. The Morgan fingerprint density at radius 2 is 1.39 bits per heavy atom. The van der Waals surface area contributed by atoms with Crippen molar-refractivity contribution in [1.29, 1.82) is 0 Å². The van der Waals surface area contributed by atoms with Gasteiger partial charge in [0.05, 0.1) is 12.4 Å². The molecule has 2 unspecified atom stereocenters. The van der Waals surface area contributed by atoms with Gasteiger partial charge in [0, 0.05) is 5.56 Å². The Morgan fingerprint density at radius 3 is 1.93 bits per heavy atom. The zero-order chi connectivity index (χ0) is 20.4. The molecule has 3 rings (SSSR count). The van der Waals surface area contributed by atoms with E-state index in [9.17, 15) is 5.11 Å². The second kappa shape index (κ2) is 8.07. The highest BCUT2D eigenvalue weighted by Crippen LogP contribution is 2.43. The van der Waals surface area contributed by atoms with Gasteiger partial charge in [-0.1, -0.05) is 81.4 Å². The van der Waals surface area contributed by atoms with Crippen LogP contribution in [0.2, 0.25) is 18.1 Å². The van der Waals surface area contributed by atoms with Crippen LogP contribution in [-0.4, -0.2) is 13.4 Å². The van der Waals surface area contributed by atoms with Crippen molar-refractivity contribution in [3.63, 3.8) is 0 Å². The molecule has 4 heteroatoms. The first-order valence-electron chi connectivity index (χ1n) is 9.74. The second-order valence-corrected chi connectivity index (χ2v) is 13.5. The molecule has 2 atom stereocenters. The molecule has 0 radical (unpaired) electrons. The summed E-state index contributed by atoms with van der Waals surface area (Å²) in [6.45, 7) is 11.2. The maximum Gasteiger partial charge on any atom is 0.193 e. The standard InChI is InChI=1S/C24H30O3Si/c1-24(2,3)28(4,5)27-22(19-14-10-7-11-15-19)20-16-17-26-23(20)21(25)18-12-8-6-9-13-18/h6-17,21-22,25H,1-5H3. The van der Waals surface area contributed by atoms with Crippen LogP contribution >= 0.6 is 0 Å². The van der Waals surface area contributed by atoms with Crippen LogP contribution in [0.5, 0.6) is 0 Å². The SMILES string of the molecule is CC(C)(C)[Si](C)(C)OC(c1ccccc1)c1ccoc1C(O)c1ccccc1. The van der Waals surface area contributed by atoms with Crippen LogP contribution in [0.4, 0.5) is 0 Å². The second-order valence-electron chi connectivity index (χ2n) is 8.72. The minimum Gasteiger partial charge on any atom is -0.466 e. The third-order valence-electron chi connectivity index (χ3n) is 5.69. The fourth-order valence-corrected chi connectivity index (χ4v) is 4.17. The molecular formula is C24H30O3Si. The van der Waals surface area contributed by atoms with Crippen LogP contribution < -0.4 is 0 Å². The topological polar surface area (TPSA) is 42.6 Å². The molecule has 3 aromatic rings. The van der Waals surface area contributed by atoms with E-state index in [-0.39, 0.29) is 11.1 Å². The fourth-order valence-electron chi connectivity index (χ4n) is 2.97. The van der Waals surface area contributed by atoms with Crippen LogP contribution in [0.25, 0.3) is 0 Å². The monoisotopic (exact) mass is 394 g/mol. The van der Waals surface area contributed by atoms with E-state index in [4.69, 9.17) is 8.84 Å². The van der Waals surface area contributed by atoms with Gasteiger partial charge >= 0.3 is 0 Å². The maximum atomic E-state index is 11.0. The number of aliphatic hydroxyl groups excluding tert-OH is 1. The molecule has 0 amide bonds. The average Bonchev–Trinajstić information content (AvgIpc) is 3.15. The third-order valence-corrected chi connectivity index (χ3v) is 10.1. The molecular weight excluding hydrogens is 364 g/mol. The Balaban J connectivity index is 2.04. The molecule has 28 heavy (non-hydrogen) atoms. The molecule has 1 N–H and O–H groups in total. The van der Waals surface area contributed by atoms with E-state index < -0.39 is 14.4 Å². The van der Waals surface area contributed by atoms with E-state index in [1.54, 1.807) is 6.26 Å². The molecule has 0 fully saturated rings. The zero-order valence-corrected chi connectivity index (χ0v) is 18.3. The minimum atomic E-state index is -2.07. The van der Waals surface area contributed by atoms with Crippen LogP contribution in [0, 0.1) is 0 Å². The Kier molecular flexibility index (Phi) is 5.94. The molecule has 148 valence electrons. The first-order chi connectivity index (χ1) is 13.2. The smallest absolute Gasteiger partial charge is 0.193 e. The lowest BCUT2D eigenvalue weighted by Gasteiger charge is -2.39. The van der Waals surface area contributed by atoms with Crippen LogP contribution in [0.1, 0.15) is 55.4 Å². The van der Waals surface area contributed by atoms with Gasteiger partial charge in [0.1, 0.15) is 11.9 Å². The average molecular weight is 395 g/mol. The normalized spacial score (nSPS) is 14.6.